The molecule has 0 aromatic carbocycles. The quantitative estimate of drug-likeness (QED) is 0.412. The minimum atomic E-state index is 0.455. The van der Waals surface area contributed by atoms with E-state index in [4.69, 9.17) is 0 Å². The third-order valence-corrected chi connectivity index (χ3v) is 1.59. The molecule has 6 heavy (non-hydrogen) atoms. The Kier molecular flexibility index (Phi) is 2.07. The highest BCUT2D eigenvalue weighted by Gasteiger charge is 2.03. The van der Waals surface area contributed by atoms with Crippen LogP contribution in [0.4, 0.5) is 0 Å². The van der Waals surface area contributed by atoms with Crippen LogP contribution in [0.2, 0.25) is 0 Å². The molecule has 0 aliphatic rings. The fraction of sp³-hybridized carbons (Fsp3) is 1.00. The number of rotatable bonds is 0. The van der Waals surface area contributed by atoms with Gasteiger partial charge in [0.05, 0.1) is 0 Å². The molecule has 0 aromatic rings. The lowest BCUT2D eigenvalue weighted by molar-refractivity contribution is 0.480. The summed E-state index contributed by atoms with van der Waals surface area (Å²) in [5.41, 5.74) is 0.455. The summed E-state index contributed by atoms with van der Waals surface area (Å²) in [5.74, 6) is 0. The predicted octanol–water partition coefficient (Wildman–Crippen LogP) is 2.18. The molecule has 0 aliphatic carbocycles. The largest absolute Gasteiger partial charge is 0.0987 e. The zero-order valence-corrected chi connectivity index (χ0v) is 5.71. The molecule has 0 atom stereocenters. The fourth-order valence-corrected chi connectivity index (χ4v) is 0. The molecule has 0 aliphatic heterocycles. The topological polar surface area (TPSA) is 0 Å². The van der Waals surface area contributed by atoms with Crippen molar-refractivity contribution in [3.63, 3.8) is 0 Å². The van der Waals surface area contributed by atoms with Crippen molar-refractivity contribution in [2.24, 2.45) is 5.41 Å². The van der Waals surface area contributed by atoms with Crippen LogP contribution >= 0.6 is 9.24 Å². The van der Waals surface area contributed by atoms with Crippen LogP contribution in [0.15, 0.2) is 0 Å². The average Bonchev–Trinajstić information content (AvgIpc) is 1.35. The van der Waals surface area contributed by atoms with Gasteiger partial charge in [0.1, 0.15) is 0 Å². The minimum Gasteiger partial charge on any atom is -0.0987 e. The molecular weight excluding hydrogens is 91.0 g/mol. The molecule has 0 fully saturated rings. The van der Waals surface area contributed by atoms with Crippen LogP contribution < -0.4 is 0 Å². The van der Waals surface area contributed by atoms with E-state index in [0.717, 1.165) is 6.16 Å². The first-order valence-electron chi connectivity index (χ1n) is 2.21. The first-order valence-corrected chi connectivity index (χ1v) is 2.91. The first-order chi connectivity index (χ1) is 2.56. The lowest BCUT2D eigenvalue weighted by atomic mass is 10.0. The summed E-state index contributed by atoms with van der Waals surface area (Å²) < 4.78 is 0. The second-order valence-corrected chi connectivity index (χ2v) is 3.09. The van der Waals surface area contributed by atoms with E-state index >= 15 is 0 Å². The van der Waals surface area contributed by atoms with Crippen LogP contribution in [0.25, 0.3) is 0 Å². The summed E-state index contributed by atoms with van der Waals surface area (Å²) in [4.78, 5) is 0. The average molecular weight is 103 g/mol. The van der Waals surface area contributed by atoms with Crippen molar-refractivity contribution < 1.29 is 0 Å². The molecule has 0 spiro atoms. The van der Waals surface area contributed by atoms with Gasteiger partial charge in [-0.3, -0.25) is 0 Å². The third-order valence-electron chi connectivity index (χ3n) is 0.530. The number of hydrogen-bond acceptors (Lipinski definition) is 0. The van der Waals surface area contributed by atoms with Crippen molar-refractivity contribution in [2.45, 2.75) is 20.8 Å². The van der Waals surface area contributed by atoms with Gasteiger partial charge in [0.2, 0.25) is 0 Å². The Labute approximate surface area is 42.5 Å². The van der Waals surface area contributed by atoms with Gasteiger partial charge in [-0.2, -0.15) is 0 Å². The van der Waals surface area contributed by atoms with Crippen LogP contribution in [0, 0.1) is 5.41 Å². The maximum atomic E-state index is 3.41. The minimum absolute atomic E-state index is 0.455. The third kappa shape index (κ3) is 4.43. The van der Waals surface area contributed by atoms with E-state index in [1.807, 2.05) is 0 Å². The van der Waals surface area contributed by atoms with E-state index in [1.165, 1.54) is 0 Å². The van der Waals surface area contributed by atoms with Crippen LogP contribution in [-0.4, -0.2) is 6.16 Å². The highest BCUT2D eigenvalue weighted by atomic mass is 31.0. The SMILES string of the molecule is CC(C)(C)C[PH]. The standard InChI is InChI=1S/C5H12P/c1-5(2,3)4-6/h6H,4H2,1-3H3. The van der Waals surface area contributed by atoms with Gasteiger partial charge in [-0.1, -0.05) is 30.0 Å². The Morgan fingerprint density at radius 1 is 1.33 bits per heavy atom. The maximum Gasteiger partial charge on any atom is -0.0268 e. The van der Waals surface area contributed by atoms with E-state index in [1.54, 1.807) is 0 Å². The van der Waals surface area contributed by atoms with Gasteiger partial charge in [0.15, 0.2) is 0 Å². The van der Waals surface area contributed by atoms with E-state index < -0.39 is 0 Å². The Bertz CT molecular complexity index is 33.7. The molecule has 0 amide bonds. The highest BCUT2D eigenvalue weighted by Crippen LogP contribution is 2.14. The molecule has 0 N–H and O–H groups in total. The zero-order valence-electron chi connectivity index (χ0n) is 4.71. The van der Waals surface area contributed by atoms with Crippen molar-refractivity contribution in [2.75, 3.05) is 6.16 Å². The van der Waals surface area contributed by atoms with E-state index in [0.29, 0.717) is 5.41 Å². The van der Waals surface area contributed by atoms with Gasteiger partial charge in [-0.15, -0.1) is 0 Å². The fourth-order valence-electron chi connectivity index (χ4n) is 0. The lowest BCUT2D eigenvalue weighted by Gasteiger charge is -2.12. The van der Waals surface area contributed by atoms with Gasteiger partial charge in [-0.05, 0) is 11.6 Å². The molecular formula is C5H12P. The van der Waals surface area contributed by atoms with Crippen LogP contribution in [-0.2, 0) is 0 Å². The molecule has 0 nitrogen and oxygen atoms in total. The Hall–Kier alpha value is 0.430. The molecule has 1 heteroatoms. The van der Waals surface area contributed by atoms with Gasteiger partial charge < -0.3 is 0 Å². The molecule has 1 radical (unpaired) electrons. The summed E-state index contributed by atoms with van der Waals surface area (Å²) in [6.45, 7) is 6.58. The maximum absolute atomic E-state index is 3.41. The van der Waals surface area contributed by atoms with Crippen LogP contribution in [0.1, 0.15) is 20.8 Å². The molecule has 37 valence electrons. The van der Waals surface area contributed by atoms with Crippen molar-refractivity contribution in [1.82, 2.24) is 0 Å². The molecule has 0 saturated carbocycles. The summed E-state index contributed by atoms with van der Waals surface area (Å²) >= 11 is 0. The first kappa shape index (κ1) is 6.43. The van der Waals surface area contributed by atoms with Gasteiger partial charge in [0, 0.05) is 0 Å². The summed E-state index contributed by atoms with van der Waals surface area (Å²) in [5, 5.41) is 0. The molecule has 0 heterocycles. The molecule has 0 bridgehead atoms. The van der Waals surface area contributed by atoms with Crippen molar-refractivity contribution in [3.8, 4) is 0 Å². The highest BCUT2D eigenvalue weighted by molar-refractivity contribution is 7.16. The smallest absolute Gasteiger partial charge is 0.0268 e. The summed E-state index contributed by atoms with van der Waals surface area (Å²) in [6.07, 6.45) is 1.08. The molecule has 0 saturated heterocycles. The van der Waals surface area contributed by atoms with Crippen molar-refractivity contribution >= 4 is 9.24 Å². The van der Waals surface area contributed by atoms with E-state index in [-0.39, 0.29) is 0 Å². The lowest BCUT2D eigenvalue weighted by Crippen LogP contribution is -2.04. The Balaban J connectivity index is 3.17. The Morgan fingerprint density at radius 3 is 1.50 bits per heavy atom. The van der Waals surface area contributed by atoms with Gasteiger partial charge >= 0.3 is 0 Å². The van der Waals surface area contributed by atoms with Crippen LogP contribution in [0.3, 0.4) is 0 Å². The van der Waals surface area contributed by atoms with Crippen molar-refractivity contribution in [3.05, 3.63) is 0 Å². The van der Waals surface area contributed by atoms with Crippen molar-refractivity contribution in [1.29, 1.82) is 0 Å². The second kappa shape index (κ2) is 1.93. The van der Waals surface area contributed by atoms with E-state index in [9.17, 15) is 0 Å². The molecule has 0 aromatic heterocycles. The van der Waals surface area contributed by atoms with E-state index in [2.05, 4.69) is 30.0 Å². The molecule has 0 unspecified atom stereocenters. The Morgan fingerprint density at radius 2 is 1.50 bits per heavy atom. The van der Waals surface area contributed by atoms with Crippen LogP contribution in [0.5, 0.6) is 0 Å². The molecule has 0 rings (SSSR count). The summed E-state index contributed by atoms with van der Waals surface area (Å²) in [7, 11) is 3.41. The summed E-state index contributed by atoms with van der Waals surface area (Å²) in [6, 6.07) is 0. The monoisotopic (exact) mass is 103 g/mol. The predicted molar refractivity (Wildman–Crippen MR) is 32.6 cm³/mol. The zero-order chi connectivity index (χ0) is 5.21. The normalized spacial score (nSPS) is 12.0. The van der Waals surface area contributed by atoms with Gasteiger partial charge in [-0.25, -0.2) is 0 Å². The van der Waals surface area contributed by atoms with Gasteiger partial charge in [0.25, 0.3) is 0 Å². The number of hydrogen-bond donors (Lipinski definition) is 0. The second-order valence-electron chi connectivity index (χ2n) is 2.74.